The summed E-state index contributed by atoms with van der Waals surface area (Å²) in [5.41, 5.74) is 7.40. The first-order chi connectivity index (χ1) is 10.1. The molecule has 1 fully saturated rings. The molecule has 0 radical (unpaired) electrons. The number of nitrogens with two attached hydrogens (primary N) is 1. The van der Waals surface area contributed by atoms with E-state index in [1.807, 2.05) is 17.2 Å². The third kappa shape index (κ3) is 4.24. The molecule has 2 rings (SSSR count). The fourth-order valence-corrected chi connectivity index (χ4v) is 3.58. The van der Waals surface area contributed by atoms with Crippen LogP contribution in [-0.4, -0.2) is 41.4 Å². The molecule has 1 amide bonds. The Kier molecular flexibility index (Phi) is 6.12. The highest BCUT2D eigenvalue weighted by Crippen LogP contribution is 2.28. The molecular weight excluding hydrogens is 280 g/mol. The van der Waals surface area contributed by atoms with Gasteiger partial charge in [-0.3, -0.25) is 4.79 Å². The van der Waals surface area contributed by atoms with Crippen LogP contribution in [0.5, 0.6) is 0 Å². The lowest BCUT2D eigenvalue weighted by Gasteiger charge is -2.27. The lowest BCUT2D eigenvalue weighted by molar-refractivity contribution is -0.133. The van der Waals surface area contributed by atoms with Gasteiger partial charge in [-0.1, -0.05) is 30.3 Å². The number of carbonyl (C=O) groups is 1. The van der Waals surface area contributed by atoms with Crippen molar-refractivity contribution in [3.8, 4) is 0 Å². The maximum Gasteiger partial charge on any atom is 0.239 e. The second-order valence-corrected chi connectivity index (χ2v) is 6.88. The molecule has 2 N–H and O–H groups in total. The summed E-state index contributed by atoms with van der Waals surface area (Å²) >= 11 is 1.74. The van der Waals surface area contributed by atoms with Crippen molar-refractivity contribution in [3.63, 3.8) is 0 Å². The van der Waals surface area contributed by atoms with Crippen molar-refractivity contribution in [1.29, 1.82) is 0 Å². The summed E-state index contributed by atoms with van der Waals surface area (Å²) in [6, 6.07) is 10.5. The van der Waals surface area contributed by atoms with Crippen LogP contribution in [-0.2, 0) is 11.2 Å². The molecule has 1 heterocycles. The van der Waals surface area contributed by atoms with Crippen molar-refractivity contribution >= 4 is 17.7 Å². The van der Waals surface area contributed by atoms with Gasteiger partial charge in [0, 0.05) is 12.6 Å². The summed E-state index contributed by atoms with van der Waals surface area (Å²) in [7, 11) is 0. The van der Waals surface area contributed by atoms with Gasteiger partial charge in [-0.2, -0.15) is 11.8 Å². The highest BCUT2D eigenvalue weighted by Gasteiger charge is 2.35. The number of rotatable bonds is 6. The Morgan fingerprint density at radius 1 is 1.43 bits per heavy atom. The first-order valence-corrected chi connectivity index (χ1v) is 9.11. The van der Waals surface area contributed by atoms with Crippen molar-refractivity contribution in [2.45, 2.75) is 38.3 Å². The van der Waals surface area contributed by atoms with Crippen LogP contribution in [0.15, 0.2) is 30.3 Å². The summed E-state index contributed by atoms with van der Waals surface area (Å²) in [6.45, 7) is 3.02. The van der Waals surface area contributed by atoms with Crippen LogP contribution in [0.1, 0.15) is 25.3 Å². The lowest BCUT2D eigenvalue weighted by atomic mass is 9.93. The summed E-state index contributed by atoms with van der Waals surface area (Å²) in [4.78, 5) is 14.4. The van der Waals surface area contributed by atoms with Crippen LogP contribution in [0, 0.1) is 5.92 Å². The van der Waals surface area contributed by atoms with Gasteiger partial charge < -0.3 is 10.6 Å². The monoisotopic (exact) mass is 306 g/mol. The molecule has 0 spiro atoms. The van der Waals surface area contributed by atoms with Gasteiger partial charge >= 0.3 is 0 Å². The number of likely N-dealkylation sites (tertiary alicyclic amines) is 1. The molecule has 0 saturated carbocycles. The minimum absolute atomic E-state index is 0.132. The minimum Gasteiger partial charge on any atom is -0.338 e. The van der Waals surface area contributed by atoms with Gasteiger partial charge in [-0.25, -0.2) is 0 Å². The molecule has 4 heteroatoms. The van der Waals surface area contributed by atoms with Gasteiger partial charge in [0.05, 0.1) is 6.04 Å². The van der Waals surface area contributed by atoms with E-state index in [0.717, 1.165) is 31.6 Å². The molecule has 1 aromatic rings. The van der Waals surface area contributed by atoms with E-state index in [9.17, 15) is 4.79 Å². The molecule has 1 aliphatic rings. The zero-order valence-electron chi connectivity index (χ0n) is 13.0. The normalized spacial score (nSPS) is 23.3. The first-order valence-electron chi connectivity index (χ1n) is 7.72. The number of hydrogen-bond acceptors (Lipinski definition) is 3. The first kappa shape index (κ1) is 16.4. The predicted molar refractivity (Wildman–Crippen MR) is 90.4 cm³/mol. The summed E-state index contributed by atoms with van der Waals surface area (Å²) < 4.78 is 0. The molecule has 1 saturated heterocycles. The van der Waals surface area contributed by atoms with Gasteiger partial charge in [0.1, 0.15) is 0 Å². The molecule has 21 heavy (non-hydrogen) atoms. The Bertz CT molecular complexity index is 451. The van der Waals surface area contributed by atoms with E-state index in [2.05, 4.69) is 31.2 Å². The second-order valence-electron chi connectivity index (χ2n) is 5.90. The van der Waals surface area contributed by atoms with Gasteiger partial charge in [0.15, 0.2) is 0 Å². The van der Waals surface area contributed by atoms with E-state index >= 15 is 0 Å². The van der Waals surface area contributed by atoms with Gasteiger partial charge in [0.25, 0.3) is 0 Å². The van der Waals surface area contributed by atoms with Crippen LogP contribution in [0.3, 0.4) is 0 Å². The molecule has 0 unspecified atom stereocenters. The van der Waals surface area contributed by atoms with Crippen molar-refractivity contribution < 1.29 is 4.79 Å². The SMILES string of the molecule is CSCC[C@H](N)C(=O)N1CC[C@@H](Cc2ccccc2)[C@@H]1C. The van der Waals surface area contributed by atoms with Gasteiger partial charge in [-0.15, -0.1) is 0 Å². The smallest absolute Gasteiger partial charge is 0.239 e. The van der Waals surface area contributed by atoms with E-state index in [0.29, 0.717) is 5.92 Å². The van der Waals surface area contributed by atoms with Crippen LogP contribution in [0.4, 0.5) is 0 Å². The number of amides is 1. The topological polar surface area (TPSA) is 46.3 Å². The standard InChI is InChI=1S/C17H26N2OS/c1-13-15(12-14-6-4-3-5-7-14)8-10-19(13)17(20)16(18)9-11-21-2/h3-7,13,15-16H,8-12,18H2,1-2H3/t13-,15-,16-/m0/s1. The molecule has 0 aliphatic carbocycles. The molecule has 3 atom stereocenters. The Hall–Kier alpha value is -1.00. The molecule has 1 aliphatic heterocycles. The maximum atomic E-state index is 12.5. The molecule has 3 nitrogen and oxygen atoms in total. The summed E-state index contributed by atoms with van der Waals surface area (Å²) in [6.07, 6.45) is 4.95. The molecule has 0 aromatic heterocycles. The second kappa shape index (κ2) is 7.85. The van der Waals surface area contributed by atoms with Gasteiger partial charge in [-0.05, 0) is 49.7 Å². The Labute approximate surface area is 132 Å². The number of thioether (sulfide) groups is 1. The molecular formula is C17H26N2OS. The van der Waals surface area contributed by atoms with E-state index in [1.54, 1.807) is 11.8 Å². The predicted octanol–water partition coefficient (Wildman–Crippen LogP) is 2.55. The molecule has 116 valence electrons. The van der Waals surface area contributed by atoms with Crippen LogP contribution >= 0.6 is 11.8 Å². The Morgan fingerprint density at radius 3 is 2.81 bits per heavy atom. The van der Waals surface area contributed by atoms with Crippen molar-refractivity contribution in [3.05, 3.63) is 35.9 Å². The van der Waals surface area contributed by atoms with Crippen molar-refractivity contribution in [2.75, 3.05) is 18.6 Å². The fraction of sp³-hybridized carbons (Fsp3) is 0.588. The molecule has 0 bridgehead atoms. The number of carbonyl (C=O) groups excluding carboxylic acids is 1. The van der Waals surface area contributed by atoms with Crippen molar-refractivity contribution in [1.82, 2.24) is 4.90 Å². The van der Waals surface area contributed by atoms with E-state index in [-0.39, 0.29) is 18.0 Å². The third-order valence-corrected chi connectivity index (χ3v) is 5.13. The lowest BCUT2D eigenvalue weighted by Crippen LogP contribution is -2.46. The van der Waals surface area contributed by atoms with Gasteiger partial charge in [0.2, 0.25) is 5.91 Å². The fourth-order valence-electron chi connectivity index (χ4n) is 3.09. The highest BCUT2D eigenvalue weighted by atomic mass is 32.2. The average Bonchev–Trinajstić information content (AvgIpc) is 2.86. The van der Waals surface area contributed by atoms with Crippen LogP contribution < -0.4 is 5.73 Å². The van der Waals surface area contributed by atoms with Crippen LogP contribution in [0.2, 0.25) is 0 Å². The molecule has 1 aromatic carbocycles. The Morgan fingerprint density at radius 2 is 2.14 bits per heavy atom. The largest absolute Gasteiger partial charge is 0.338 e. The number of hydrogen-bond donors (Lipinski definition) is 1. The summed E-state index contributed by atoms with van der Waals surface area (Å²) in [5, 5.41) is 0. The Balaban J connectivity index is 1.91. The van der Waals surface area contributed by atoms with Crippen LogP contribution in [0.25, 0.3) is 0 Å². The zero-order chi connectivity index (χ0) is 15.2. The minimum atomic E-state index is -0.338. The third-order valence-electron chi connectivity index (χ3n) is 4.49. The van der Waals surface area contributed by atoms with E-state index < -0.39 is 0 Å². The quantitative estimate of drug-likeness (QED) is 0.878. The van der Waals surface area contributed by atoms with Crippen molar-refractivity contribution in [2.24, 2.45) is 11.7 Å². The number of nitrogens with zero attached hydrogens (tertiary/aromatic N) is 1. The number of benzene rings is 1. The highest BCUT2D eigenvalue weighted by molar-refractivity contribution is 7.98. The average molecular weight is 306 g/mol. The van der Waals surface area contributed by atoms with E-state index in [4.69, 9.17) is 5.73 Å². The van der Waals surface area contributed by atoms with E-state index in [1.165, 1.54) is 5.56 Å². The summed E-state index contributed by atoms with van der Waals surface area (Å²) in [5.74, 6) is 1.62. The zero-order valence-corrected chi connectivity index (χ0v) is 13.8. The maximum absolute atomic E-state index is 12.5.